The number of hydrogen-bond donors (Lipinski definition) is 7. The fraction of sp³-hybridized carbons (Fsp3) is 0.688. The summed E-state index contributed by atoms with van der Waals surface area (Å²) in [5.41, 5.74) is 5.17. The van der Waals surface area contributed by atoms with Crippen molar-refractivity contribution < 1.29 is 34.2 Å². The van der Waals surface area contributed by atoms with Gasteiger partial charge in [0, 0.05) is 12.2 Å². The number of rotatable bonds is 13. The number of amides is 3. The first kappa shape index (κ1) is 25.7. The van der Waals surface area contributed by atoms with E-state index >= 15 is 0 Å². The summed E-state index contributed by atoms with van der Waals surface area (Å²) in [6.45, 7) is 3.21. The standard InChI is InChI=1S/C16H28N4O7S/c1-8(2)5-10(16(26)27)20-14(24)9(3-4-13(22)23)19-15(25)11(7-28)18-12(21)6-17/h8-11,28H,3-7,17H2,1-2H3,(H,18,21)(H,19,25)(H,20,24)(H,22,23)(H,26,27)/t9-,10-,11-/m0/s1. The predicted octanol–water partition coefficient (Wildman–Crippen LogP) is -1.68. The van der Waals surface area contributed by atoms with Gasteiger partial charge in [-0.05, 0) is 18.8 Å². The molecule has 160 valence electrons. The Bertz CT molecular complexity index is 585. The zero-order chi connectivity index (χ0) is 21.9. The lowest BCUT2D eigenvalue weighted by atomic mass is 10.0. The molecule has 0 fully saturated rings. The summed E-state index contributed by atoms with van der Waals surface area (Å²) in [7, 11) is 0. The van der Waals surface area contributed by atoms with Crippen LogP contribution in [0.15, 0.2) is 0 Å². The molecule has 0 heterocycles. The molecule has 0 aliphatic heterocycles. The van der Waals surface area contributed by atoms with E-state index in [-0.39, 0.29) is 31.1 Å². The van der Waals surface area contributed by atoms with E-state index in [0.717, 1.165) is 0 Å². The molecule has 0 aliphatic carbocycles. The quantitative estimate of drug-likeness (QED) is 0.172. The van der Waals surface area contributed by atoms with Gasteiger partial charge in [0.1, 0.15) is 18.1 Å². The van der Waals surface area contributed by atoms with Crippen LogP contribution in [0.3, 0.4) is 0 Å². The Morgan fingerprint density at radius 2 is 1.46 bits per heavy atom. The van der Waals surface area contributed by atoms with Gasteiger partial charge in [-0.2, -0.15) is 12.6 Å². The summed E-state index contributed by atoms with van der Waals surface area (Å²) in [4.78, 5) is 58.3. The molecule has 0 aromatic heterocycles. The third-order valence-corrected chi connectivity index (χ3v) is 3.99. The van der Waals surface area contributed by atoms with Crippen molar-refractivity contribution in [1.82, 2.24) is 16.0 Å². The second kappa shape index (κ2) is 12.9. The molecule has 11 nitrogen and oxygen atoms in total. The monoisotopic (exact) mass is 420 g/mol. The Hall–Kier alpha value is -2.34. The highest BCUT2D eigenvalue weighted by Gasteiger charge is 2.29. The highest BCUT2D eigenvalue weighted by atomic mass is 32.1. The minimum atomic E-state index is -1.30. The molecule has 28 heavy (non-hydrogen) atoms. The number of carboxylic acid groups (broad SMARTS) is 2. The van der Waals surface area contributed by atoms with Gasteiger partial charge in [0.2, 0.25) is 17.7 Å². The Kier molecular flexibility index (Phi) is 11.9. The minimum Gasteiger partial charge on any atom is -0.481 e. The van der Waals surface area contributed by atoms with Crippen LogP contribution >= 0.6 is 12.6 Å². The summed E-state index contributed by atoms with van der Waals surface area (Å²) >= 11 is 3.96. The molecule has 12 heteroatoms. The van der Waals surface area contributed by atoms with Gasteiger partial charge in [-0.3, -0.25) is 19.2 Å². The van der Waals surface area contributed by atoms with Gasteiger partial charge < -0.3 is 31.9 Å². The van der Waals surface area contributed by atoms with E-state index in [9.17, 15) is 29.1 Å². The van der Waals surface area contributed by atoms with Crippen LogP contribution in [0.1, 0.15) is 33.1 Å². The van der Waals surface area contributed by atoms with E-state index in [1.807, 2.05) is 0 Å². The second-order valence-electron chi connectivity index (χ2n) is 6.53. The zero-order valence-corrected chi connectivity index (χ0v) is 16.7. The highest BCUT2D eigenvalue weighted by Crippen LogP contribution is 2.07. The summed E-state index contributed by atoms with van der Waals surface area (Å²) in [5.74, 6) is -4.74. The molecule has 0 bridgehead atoms. The molecule has 0 spiro atoms. The van der Waals surface area contributed by atoms with Crippen molar-refractivity contribution in [1.29, 1.82) is 0 Å². The number of hydrogen-bond acceptors (Lipinski definition) is 7. The Morgan fingerprint density at radius 1 is 0.929 bits per heavy atom. The van der Waals surface area contributed by atoms with Crippen molar-refractivity contribution in [2.45, 2.75) is 51.2 Å². The van der Waals surface area contributed by atoms with Crippen molar-refractivity contribution in [2.75, 3.05) is 12.3 Å². The fourth-order valence-electron chi connectivity index (χ4n) is 2.22. The summed E-state index contributed by atoms with van der Waals surface area (Å²) in [6, 6.07) is -3.57. The second-order valence-corrected chi connectivity index (χ2v) is 6.89. The lowest BCUT2D eigenvalue weighted by Crippen LogP contribution is -2.56. The van der Waals surface area contributed by atoms with Crippen LogP contribution < -0.4 is 21.7 Å². The molecule has 0 saturated carbocycles. The Labute approximate surface area is 168 Å². The van der Waals surface area contributed by atoms with Gasteiger partial charge in [0.25, 0.3) is 0 Å². The van der Waals surface area contributed by atoms with Crippen LogP contribution in [0.2, 0.25) is 0 Å². The van der Waals surface area contributed by atoms with Crippen LogP contribution in [-0.2, 0) is 24.0 Å². The first-order chi connectivity index (χ1) is 13.0. The molecule has 0 unspecified atom stereocenters. The number of thiol groups is 1. The molecule has 3 amide bonds. The third kappa shape index (κ3) is 10.1. The minimum absolute atomic E-state index is 0.0199. The number of carboxylic acids is 2. The largest absolute Gasteiger partial charge is 0.481 e. The average Bonchev–Trinajstić information content (AvgIpc) is 2.61. The maximum atomic E-state index is 12.5. The maximum Gasteiger partial charge on any atom is 0.326 e. The SMILES string of the molecule is CC(C)C[C@H](NC(=O)[C@H](CCC(=O)O)NC(=O)[C@H](CS)NC(=O)CN)C(=O)O. The first-order valence-corrected chi connectivity index (χ1v) is 9.30. The molecular weight excluding hydrogens is 392 g/mol. The zero-order valence-electron chi connectivity index (χ0n) is 15.8. The molecule has 0 radical (unpaired) electrons. The average molecular weight is 420 g/mol. The molecule has 0 saturated heterocycles. The van der Waals surface area contributed by atoms with Gasteiger partial charge in [0.15, 0.2) is 0 Å². The molecule has 0 aromatic rings. The van der Waals surface area contributed by atoms with Crippen molar-refractivity contribution in [3.63, 3.8) is 0 Å². The maximum absolute atomic E-state index is 12.5. The number of aliphatic carboxylic acids is 2. The lowest BCUT2D eigenvalue weighted by molar-refractivity contribution is -0.143. The van der Waals surface area contributed by atoms with Crippen molar-refractivity contribution in [3.8, 4) is 0 Å². The number of carbonyl (C=O) groups excluding carboxylic acids is 3. The van der Waals surface area contributed by atoms with Crippen LogP contribution in [0, 0.1) is 5.92 Å². The van der Waals surface area contributed by atoms with Crippen LogP contribution in [0.4, 0.5) is 0 Å². The number of carbonyl (C=O) groups is 5. The van der Waals surface area contributed by atoms with E-state index in [1.165, 1.54) is 0 Å². The molecule has 0 aliphatic rings. The number of nitrogens with one attached hydrogen (secondary N) is 3. The van der Waals surface area contributed by atoms with Crippen LogP contribution in [0.25, 0.3) is 0 Å². The normalized spacial score (nSPS) is 13.9. The van der Waals surface area contributed by atoms with E-state index in [1.54, 1.807) is 13.8 Å². The molecule has 7 N–H and O–H groups in total. The van der Waals surface area contributed by atoms with E-state index in [4.69, 9.17) is 10.8 Å². The molecular formula is C16H28N4O7S. The van der Waals surface area contributed by atoms with Crippen LogP contribution in [-0.4, -0.2) is 70.3 Å². The summed E-state index contributed by atoms with van der Waals surface area (Å²) in [6.07, 6.45) is -0.529. The Morgan fingerprint density at radius 3 is 1.89 bits per heavy atom. The van der Waals surface area contributed by atoms with E-state index in [0.29, 0.717) is 0 Å². The van der Waals surface area contributed by atoms with Crippen molar-refractivity contribution in [2.24, 2.45) is 11.7 Å². The van der Waals surface area contributed by atoms with E-state index in [2.05, 4.69) is 28.6 Å². The van der Waals surface area contributed by atoms with Crippen molar-refractivity contribution in [3.05, 3.63) is 0 Å². The highest BCUT2D eigenvalue weighted by molar-refractivity contribution is 7.80. The van der Waals surface area contributed by atoms with Gasteiger partial charge in [-0.25, -0.2) is 4.79 Å². The molecule has 0 rings (SSSR count). The summed E-state index contributed by atoms with van der Waals surface area (Å²) in [5, 5.41) is 25.1. The third-order valence-electron chi connectivity index (χ3n) is 3.62. The first-order valence-electron chi connectivity index (χ1n) is 8.67. The fourth-order valence-corrected chi connectivity index (χ4v) is 2.48. The molecule has 3 atom stereocenters. The van der Waals surface area contributed by atoms with Gasteiger partial charge in [-0.15, -0.1) is 0 Å². The predicted molar refractivity (Wildman–Crippen MR) is 103 cm³/mol. The Balaban J connectivity index is 5.25. The topological polar surface area (TPSA) is 188 Å². The van der Waals surface area contributed by atoms with Gasteiger partial charge >= 0.3 is 11.9 Å². The van der Waals surface area contributed by atoms with Crippen molar-refractivity contribution >= 4 is 42.3 Å². The lowest BCUT2D eigenvalue weighted by Gasteiger charge is -2.24. The molecule has 0 aromatic carbocycles. The smallest absolute Gasteiger partial charge is 0.326 e. The number of nitrogens with two attached hydrogens (primary N) is 1. The van der Waals surface area contributed by atoms with Crippen LogP contribution in [0.5, 0.6) is 0 Å². The van der Waals surface area contributed by atoms with E-state index < -0.39 is 54.2 Å². The van der Waals surface area contributed by atoms with Gasteiger partial charge in [-0.1, -0.05) is 13.8 Å². The van der Waals surface area contributed by atoms with Gasteiger partial charge in [0.05, 0.1) is 6.54 Å². The summed E-state index contributed by atoms with van der Waals surface area (Å²) < 4.78 is 0.